The SMILES string of the molecule is COc1ccccc1CSc1nc2ccc(NC(=O)CCn3cc([N+](=O)[O-])nc3C)cc2s1. The number of anilines is 1. The number of thioether (sulfide) groups is 1. The monoisotopic (exact) mass is 483 g/mol. The van der Waals surface area contributed by atoms with E-state index in [9.17, 15) is 14.9 Å². The Kier molecular flexibility index (Phi) is 6.90. The Morgan fingerprint density at radius 2 is 2.09 bits per heavy atom. The van der Waals surface area contributed by atoms with Crippen LogP contribution >= 0.6 is 23.1 Å². The molecule has 0 saturated heterocycles. The predicted octanol–water partition coefficient (Wildman–Crippen LogP) is 5.04. The Morgan fingerprint density at radius 1 is 1.27 bits per heavy atom. The minimum Gasteiger partial charge on any atom is -0.496 e. The summed E-state index contributed by atoms with van der Waals surface area (Å²) in [6, 6.07) is 13.5. The highest BCUT2D eigenvalue weighted by atomic mass is 32.2. The summed E-state index contributed by atoms with van der Waals surface area (Å²) >= 11 is 3.22. The van der Waals surface area contributed by atoms with Crippen LogP contribution in [-0.2, 0) is 17.1 Å². The Morgan fingerprint density at radius 3 is 2.85 bits per heavy atom. The molecule has 1 N–H and O–H groups in total. The van der Waals surface area contributed by atoms with Gasteiger partial charge in [-0.25, -0.2) is 4.98 Å². The molecule has 2 aromatic carbocycles. The molecule has 0 atom stereocenters. The third-order valence-corrected chi connectivity index (χ3v) is 7.14. The number of thiazole rings is 1. The molecule has 9 nitrogen and oxygen atoms in total. The molecular formula is C22H21N5O4S2. The molecule has 2 aromatic heterocycles. The third-order valence-electron chi connectivity index (χ3n) is 4.93. The van der Waals surface area contributed by atoms with Gasteiger partial charge in [0.15, 0.2) is 4.34 Å². The molecule has 0 fully saturated rings. The summed E-state index contributed by atoms with van der Waals surface area (Å²) in [5.74, 6) is 1.71. The van der Waals surface area contributed by atoms with Crippen LogP contribution in [0.5, 0.6) is 5.75 Å². The van der Waals surface area contributed by atoms with Gasteiger partial charge >= 0.3 is 5.82 Å². The van der Waals surface area contributed by atoms with Crippen molar-refractivity contribution < 1.29 is 14.5 Å². The van der Waals surface area contributed by atoms with E-state index in [0.717, 1.165) is 31.6 Å². The number of ether oxygens (including phenoxy) is 1. The van der Waals surface area contributed by atoms with Gasteiger partial charge in [-0.15, -0.1) is 11.3 Å². The zero-order valence-corrected chi connectivity index (χ0v) is 19.6. The van der Waals surface area contributed by atoms with Crippen molar-refractivity contribution in [3.05, 3.63) is 70.2 Å². The molecule has 0 saturated carbocycles. The number of nitrogens with one attached hydrogen (secondary N) is 1. The first-order valence-corrected chi connectivity index (χ1v) is 11.9. The number of carbonyl (C=O) groups excluding carboxylic acids is 1. The van der Waals surface area contributed by atoms with Crippen LogP contribution in [0, 0.1) is 17.0 Å². The fourth-order valence-corrected chi connectivity index (χ4v) is 5.35. The number of aryl methyl sites for hydroxylation is 2. The summed E-state index contributed by atoms with van der Waals surface area (Å²) in [7, 11) is 1.66. The molecule has 0 unspecified atom stereocenters. The minimum atomic E-state index is -0.545. The number of aromatic nitrogens is 3. The summed E-state index contributed by atoms with van der Waals surface area (Å²) in [5.41, 5.74) is 2.67. The molecule has 1 amide bonds. The van der Waals surface area contributed by atoms with Gasteiger partial charge in [-0.2, -0.15) is 0 Å². The van der Waals surface area contributed by atoms with Gasteiger partial charge < -0.3 is 24.7 Å². The predicted molar refractivity (Wildman–Crippen MR) is 129 cm³/mol. The number of methoxy groups -OCH3 is 1. The lowest BCUT2D eigenvalue weighted by atomic mass is 10.2. The van der Waals surface area contributed by atoms with Crippen LogP contribution in [-0.4, -0.2) is 32.5 Å². The van der Waals surface area contributed by atoms with Crippen molar-refractivity contribution in [2.45, 2.75) is 30.0 Å². The lowest BCUT2D eigenvalue weighted by molar-refractivity contribution is -0.389. The fourth-order valence-electron chi connectivity index (χ4n) is 3.26. The van der Waals surface area contributed by atoms with Crippen LogP contribution in [0.4, 0.5) is 11.5 Å². The van der Waals surface area contributed by atoms with Gasteiger partial charge in [0, 0.05) is 36.9 Å². The van der Waals surface area contributed by atoms with Gasteiger partial charge in [0.05, 0.1) is 17.3 Å². The van der Waals surface area contributed by atoms with E-state index in [4.69, 9.17) is 4.74 Å². The largest absolute Gasteiger partial charge is 0.496 e. The number of carbonyl (C=O) groups is 1. The molecule has 0 aliphatic rings. The highest BCUT2D eigenvalue weighted by Crippen LogP contribution is 2.34. The lowest BCUT2D eigenvalue weighted by Gasteiger charge is -2.06. The van der Waals surface area contributed by atoms with E-state index >= 15 is 0 Å². The Labute approximate surface area is 198 Å². The van der Waals surface area contributed by atoms with Gasteiger partial charge in [0.25, 0.3) is 0 Å². The Balaban J connectivity index is 1.37. The maximum Gasteiger partial charge on any atom is 0.381 e. The first kappa shape index (κ1) is 22.7. The third kappa shape index (κ3) is 5.49. The first-order valence-electron chi connectivity index (χ1n) is 10.1. The molecule has 0 aliphatic heterocycles. The zero-order valence-electron chi connectivity index (χ0n) is 18.0. The number of hydrogen-bond donors (Lipinski definition) is 1. The molecule has 11 heteroatoms. The molecule has 0 spiro atoms. The topological polar surface area (TPSA) is 112 Å². The zero-order chi connectivity index (χ0) is 23.4. The number of imidazole rings is 1. The van der Waals surface area contributed by atoms with Crippen LogP contribution in [0.2, 0.25) is 0 Å². The number of amides is 1. The van der Waals surface area contributed by atoms with E-state index in [-0.39, 0.29) is 18.1 Å². The maximum absolute atomic E-state index is 12.4. The van der Waals surface area contributed by atoms with Crippen LogP contribution in [0.3, 0.4) is 0 Å². The summed E-state index contributed by atoms with van der Waals surface area (Å²) in [5, 5.41) is 13.7. The summed E-state index contributed by atoms with van der Waals surface area (Å²) in [6.07, 6.45) is 1.52. The van der Waals surface area contributed by atoms with Crippen LogP contribution in [0.1, 0.15) is 17.8 Å². The summed E-state index contributed by atoms with van der Waals surface area (Å²) < 4.78 is 8.94. The molecule has 170 valence electrons. The van der Waals surface area contributed by atoms with Gasteiger partial charge in [0.2, 0.25) is 11.7 Å². The average Bonchev–Trinajstić information content (AvgIpc) is 3.39. The smallest absolute Gasteiger partial charge is 0.381 e. The molecule has 4 rings (SSSR count). The molecular weight excluding hydrogens is 462 g/mol. The van der Waals surface area contributed by atoms with E-state index in [2.05, 4.69) is 15.3 Å². The fraction of sp³-hybridized carbons (Fsp3) is 0.227. The van der Waals surface area contributed by atoms with Gasteiger partial charge in [-0.1, -0.05) is 30.0 Å². The van der Waals surface area contributed by atoms with Crippen molar-refractivity contribution >= 4 is 50.7 Å². The number of para-hydroxylation sites is 1. The lowest BCUT2D eigenvalue weighted by Crippen LogP contribution is -2.14. The second kappa shape index (κ2) is 10.0. The second-order valence-electron chi connectivity index (χ2n) is 7.16. The van der Waals surface area contributed by atoms with Crippen molar-refractivity contribution in [1.82, 2.24) is 14.5 Å². The molecule has 0 aliphatic carbocycles. The summed E-state index contributed by atoms with van der Waals surface area (Å²) in [6.45, 7) is 1.98. The van der Waals surface area contributed by atoms with Gasteiger partial charge in [0.1, 0.15) is 11.9 Å². The van der Waals surface area contributed by atoms with Crippen molar-refractivity contribution in [3.8, 4) is 5.75 Å². The van der Waals surface area contributed by atoms with E-state index in [1.54, 1.807) is 41.7 Å². The molecule has 33 heavy (non-hydrogen) atoms. The van der Waals surface area contributed by atoms with Crippen LogP contribution < -0.4 is 10.1 Å². The minimum absolute atomic E-state index is 0.176. The first-order chi connectivity index (χ1) is 15.9. The Bertz CT molecular complexity index is 1320. The average molecular weight is 484 g/mol. The van der Waals surface area contributed by atoms with E-state index in [0.29, 0.717) is 18.1 Å². The number of rotatable bonds is 9. The van der Waals surface area contributed by atoms with Crippen LogP contribution in [0.15, 0.2) is 53.0 Å². The van der Waals surface area contributed by atoms with Crippen molar-refractivity contribution in [2.75, 3.05) is 12.4 Å². The van der Waals surface area contributed by atoms with Crippen molar-refractivity contribution in [1.29, 1.82) is 0 Å². The summed E-state index contributed by atoms with van der Waals surface area (Å²) in [4.78, 5) is 31.2. The number of fused-ring (bicyclic) bond motifs is 1. The maximum atomic E-state index is 12.4. The van der Waals surface area contributed by atoms with E-state index in [1.807, 2.05) is 42.5 Å². The number of nitrogens with zero attached hydrogens (tertiary/aromatic N) is 4. The van der Waals surface area contributed by atoms with Gasteiger partial charge in [-0.05, 0) is 34.2 Å². The molecule has 0 radical (unpaired) electrons. The number of benzene rings is 2. The Hall–Kier alpha value is -3.44. The quantitative estimate of drug-likeness (QED) is 0.202. The van der Waals surface area contributed by atoms with E-state index < -0.39 is 4.92 Å². The molecule has 4 aromatic rings. The van der Waals surface area contributed by atoms with Crippen LogP contribution in [0.25, 0.3) is 10.2 Å². The normalized spacial score (nSPS) is 11.0. The van der Waals surface area contributed by atoms with Crippen molar-refractivity contribution in [2.24, 2.45) is 0 Å². The van der Waals surface area contributed by atoms with Crippen molar-refractivity contribution in [3.63, 3.8) is 0 Å². The van der Waals surface area contributed by atoms with E-state index in [1.165, 1.54) is 6.20 Å². The second-order valence-corrected chi connectivity index (χ2v) is 9.41. The highest BCUT2D eigenvalue weighted by Gasteiger charge is 2.16. The number of nitro groups is 1. The number of hydrogen-bond acceptors (Lipinski definition) is 8. The van der Waals surface area contributed by atoms with Gasteiger partial charge in [-0.3, -0.25) is 4.79 Å². The molecule has 0 bridgehead atoms. The standard InChI is InChI=1S/C22H21N5O4S2/c1-14-23-20(27(29)30)12-26(14)10-9-21(28)24-16-7-8-17-19(11-16)33-22(25-17)32-13-15-5-3-4-6-18(15)31-2/h3-8,11-12H,9-10,13H2,1-2H3,(H,24,28). The highest BCUT2D eigenvalue weighted by molar-refractivity contribution is 8.00. The molecule has 2 heterocycles.